The Labute approximate surface area is 122 Å². The molecule has 0 atom stereocenters. The number of methoxy groups -OCH3 is 1. The summed E-state index contributed by atoms with van der Waals surface area (Å²) < 4.78 is 6.59. The molecule has 5 nitrogen and oxygen atoms in total. The number of aryl methyl sites for hydroxylation is 2. The van der Waals surface area contributed by atoms with Crippen LogP contribution in [0.15, 0.2) is 36.5 Å². The molecule has 0 saturated carbocycles. The molecule has 3 aromatic rings. The van der Waals surface area contributed by atoms with Gasteiger partial charge in [0.05, 0.1) is 18.2 Å². The van der Waals surface area contributed by atoms with Crippen LogP contribution >= 0.6 is 0 Å². The van der Waals surface area contributed by atoms with E-state index in [9.17, 15) is 4.79 Å². The molecule has 0 N–H and O–H groups in total. The van der Waals surface area contributed by atoms with E-state index in [1.54, 1.807) is 12.3 Å². The van der Waals surface area contributed by atoms with Gasteiger partial charge in [0.25, 0.3) is 0 Å². The number of carbonyl (C=O) groups excluding carboxylic acids is 1. The van der Waals surface area contributed by atoms with Gasteiger partial charge >= 0.3 is 5.97 Å². The first-order valence-electron chi connectivity index (χ1n) is 6.58. The molecular weight excluding hydrogens is 266 g/mol. The first kappa shape index (κ1) is 13.3. The molecule has 0 aliphatic carbocycles. The van der Waals surface area contributed by atoms with Crippen molar-refractivity contribution in [1.82, 2.24) is 14.8 Å². The van der Waals surface area contributed by atoms with Crippen LogP contribution in [0.3, 0.4) is 0 Å². The number of aromatic nitrogens is 3. The van der Waals surface area contributed by atoms with Crippen LogP contribution in [0.25, 0.3) is 22.2 Å². The standard InChI is InChI=1S/C16H15N3O2/c1-10-8-11(6-7-17-10)15-13-9-12(16(20)21-3)4-5-14(13)19(2)18-15/h4-9H,1-3H3. The van der Waals surface area contributed by atoms with Gasteiger partial charge in [-0.3, -0.25) is 9.67 Å². The summed E-state index contributed by atoms with van der Waals surface area (Å²) in [5.41, 5.74) is 4.23. The van der Waals surface area contributed by atoms with Crippen LogP contribution in [0.2, 0.25) is 0 Å². The largest absolute Gasteiger partial charge is 0.465 e. The first-order chi connectivity index (χ1) is 10.1. The lowest BCUT2D eigenvalue weighted by molar-refractivity contribution is 0.0601. The second-order valence-electron chi connectivity index (χ2n) is 4.88. The lowest BCUT2D eigenvalue weighted by Gasteiger charge is -2.01. The topological polar surface area (TPSA) is 57.0 Å². The van der Waals surface area contributed by atoms with Crippen LogP contribution in [0.4, 0.5) is 0 Å². The van der Waals surface area contributed by atoms with E-state index >= 15 is 0 Å². The number of hydrogen-bond donors (Lipinski definition) is 0. The maximum absolute atomic E-state index is 11.7. The number of nitrogens with zero attached hydrogens (tertiary/aromatic N) is 3. The van der Waals surface area contributed by atoms with Gasteiger partial charge in [-0.15, -0.1) is 0 Å². The maximum atomic E-state index is 11.7. The summed E-state index contributed by atoms with van der Waals surface area (Å²) in [5, 5.41) is 5.49. The normalized spacial score (nSPS) is 10.8. The molecule has 0 unspecified atom stereocenters. The van der Waals surface area contributed by atoms with Crippen molar-refractivity contribution >= 4 is 16.9 Å². The third kappa shape index (κ3) is 2.27. The Balaban J connectivity index is 2.25. The second kappa shape index (κ2) is 5.01. The maximum Gasteiger partial charge on any atom is 0.337 e. The fraction of sp³-hybridized carbons (Fsp3) is 0.188. The molecule has 0 aliphatic rings. The molecule has 0 amide bonds. The van der Waals surface area contributed by atoms with E-state index in [1.807, 2.05) is 42.9 Å². The molecule has 0 fully saturated rings. The highest BCUT2D eigenvalue weighted by molar-refractivity contribution is 5.99. The van der Waals surface area contributed by atoms with Crippen molar-refractivity contribution in [3.63, 3.8) is 0 Å². The van der Waals surface area contributed by atoms with E-state index in [0.717, 1.165) is 27.9 Å². The summed E-state index contributed by atoms with van der Waals surface area (Å²) in [5.74, 6) is -0.349. The molecule has 0 bridgehead atoms. The average Bonchev–Trinajstić information content (AvgIpc) is 2.83. The van der Waals surface area contributed by atoms with Gasteiger partial charge < -0.3 is 4.74 Å². The van der Waals surface area contributed by atoms with Gasteiger partial charge in [0.1, 0.15) is 5.69 Å². The minimum Gasteiger partial charge on any atom is -0.465 e. The van der Waals surface area contributed by atoms with Crippen molar-refractivity contribution in [3.05, 3.63) is 47.8 Å². The zero-order valence-corrected chi connectivity index (χ0v) is 12.1. The average molecular weight is 281 g/mol. The van der Waals surface area contributed by atoms with Gasteiger partial charge in [-0.05, 0) is 37.3 Å². The lowest BCUT2D eigenvalue weighted by Crippen LogP contribution is -2.00. The number of pyridine rings is 1. The van der Waals surface area contributed by atoms with Crippen LogP contribution in [-0.2, 0) is 11.8 Å². The van der Waals surface area contributed by atoms with Gasteiger partial charge in [0, 0.05) is 29.9 Å². The monoisotopic (exact) mass is 281 g/mol. The molecule has 5 heteroatoms. The van der Waals surface area contributed by atoms with Crippen molar-refractivity contribution in [2.24, 2.45) is 7.05 Å². The third-order valence-electron chi connectivity index (χ3n) is 3.44. The van der Waals surface area contributed by atoms with E-state index in [0.29, 0.717) is 5.56 Å². The summed E-state index contributed by atoms with van der Waals surface area (Å²) in [6, 6.07) is 9.34. The van der Waals surface area contributed by atoms with Gasteiger partial charge in [-0.2, -0.15) is 5.10 Å². The molecule has 106 valence electrons. The predicted octanol–water partition coefficient (Wildman–Crippen LogP) is 2.73. The minimum atomic E-state index is -0.349. The predicted molar refractivity (Wildman–Crippen MR) is 80.0 cm³/mol. The molecule has 0 saturated heterocycles. The number of hydrogen-bond acceptors (Lipinski definition) is 4. The number of ether oxygens (including phenoxy) is 1. The summed E-state index contributed by atoms with van der Waals surface area (Å²) in [4.78, 5) is 15.9. The fourth-order valence-corrected chi connectivity index (χ4v) is 2.42. The Bertz CT molecular complexity index is 837. The van der Waals surface area contributed by atoms with Crippen molar-refractivity contribution in [2.45, 2.75) is 6.92 Å². The van der Waals surface area contributed by atoms with Gasteiger partial charge in [0.15, 0.2) is 0 Å². The number of esters is 1. The Morgan fingerprint density at radius 1 is 1.24 bits per heavy atom. The number of benzene rings is 1. The molecule has 3 rings (SSSR count). The van der Waals surface area contributed by atoms with Crippen molar-refractivity contribution in [2.75, 3.05) is 7.11 Å². The number of rotatable bonds is 2. The summed E-state index contributed by atoms with van der Waals surface area (Å²) in [6.45, 7) is 1.94. The first-order valence-corrected chi connectivity index (χ1v) is 6.58. The van der Waals surface area contributed by atoms with E-state index in [2.05, 4.69) is 10.1 Å². The highest BCUT2D eigenvalue weighted by Crippen LogP contribution is 2.28. The van der Waals surface area contributed by atoms with Gasteiger partial charge in [-0.25, -0.2) is 4.79 Å². The lowest BCUT2D eigenvalue weighted by atomic mass is 10.1. The van der Waals surface area contributed by atoms with Crippen LogP contribution < -0.4 is 0 Å². The second-order valence-corrected chi connectivity index (χ2v) is 4.88. The third-order valence-corrected chi connectivity index (χ3v) is 3.44. The summed E-state index contributed by atoms with van der Waals surface area (Å²) in [7, 11) is 3.26. The molecular formula is C16H15N3O2. The smallest absolute Gasteiger partial charge is 0.337 e. The Morgan fingerprint density at radius 2 is 2.05 bits per heavy atom. The van der Waals surface area contributed by atoms with E-state index in [1.165, 1.54) is 7.11 Å². The van der Waals surface area contributed by atoms with E-state index in [4.69, 9.17) is 4.74 Å². The minimum absolute atomic E-state index is 0.349. The molecule has 2 heterocycles. The number of carbonyl (C=O) groups is 1. The van der Waals surface area contributed by atoms with Gasteiger partial charge in [-0.1, -0.05) is 0 Å². The van der Waals surface area contributed by atoms with Crippen molar-refractivity contribution in [3.8, 4) is 11.3 Å². The Hall–Kier alpha value is -2.69. The molecule has 0 radical (unpaired) electrons. The van der Waals surface area contributed by atoms with Crippen LogP contribution in [0, 0.1) is 6.92 Å². The quantitative estimate of drug-likeness (QED) is 0.678. The van der Waals surface area contributed by atoms with E-state index < -0.39 is 0 Å². The Morgan fingerprint density at radius 3 is 2.76 bits per heavy atom. The molecule has 21 heavy (non-hydrogen) atoms. The highest BCUT2D eigenvalue weighted by atomic mass is 16.5. The summed E-state index contributed by atoms with van der Waals surface area (Å²) in [6.07, 6.45) is 1.76. The number of fused-ring (bicyclic) bond motifs is 1. The summed E-state index contributed by atoms with van der Waals surface area (Å²) >= 11 is 0. The zero-order chi connectivity index (χ0) is 15.0. The van der Waals surface area contributed by atoms with E-state index in [-0.39, 0.29) is 5.97 Å². The van der Waals surface area contributed by atoms with Crippen LogP contribution in [0.5, 0.6) is 0 Å². The zero-order valence-electron chi connectivity index (χ0n) is 12.1. The van der Waals surface area contributed by atoms with Crippen LogP contribution in [-0.4, -0.2) is 27.8 Å². The molecule has 0 spiro atoms. The van der Waals surface area contributed by atoms with Gasteiger partial charge in [0.2, 0.25) is 0 Å². The molecule has 2 aromatic heterocycles. The highest BCUT2D eigenvalue weighted by Gasteiger charge is 2.14. The van der Waals surface area contributed by atoms with Crippen molar-refractivity contribution in [1.29, 1.82) is 0 Å². The van der Waals surface area contributed by atoms with Crippen LogP contribution in [0.1, 0.15) is 16.1 Å². The SMILES string of the molecule is COC(=O)c1ccc2c(c1)c(-c1ccnc(C)c1)nn2C. The molecule has 1 aromatic carbocycles. The molecule has 0 aliphatic heterocycles. The van der Waals surface area contributed by atoms with Crippen molar-refractivity contribution < 1.29 is 9.53 Å². The Kier molecular flexibility index (Phi) is 3.17. The fourth-order valence-electron chi connectivity index (χ4n) is 2.42.